The van der Waals surface area contributed by atoms with Crippen molar-refractivity contribution in [1.82, 2.24) is 15.5 Å². The maximum atomic E-state index is 4.24. The van der Waals surface area contributed by atoms with E-state index in [-0.39, 0.29) is 0 Å². The van der Waals surface area contributed by atoms with Crippen molar-refractivity contribution < 1.29 is 0 Å². The lowest BCUT2D eigenvalue weighted by atomic mass is 10.0. The molecule has 3 aromatic rings. The molecule has 0 aliphatic rings. The lowest BCUT2D eigenvalue weighted by Gasteiger charge is -2.14. The average molecular weight is 305 g/mol. The molecule has 0 bridgehead atoms. The van der Waals surface area contributed by atoms with Crippen LogP contribution in [0.4, 0.5) is 0 Å². The van der Waals surface area contributed by atoms with Crippen molar-refractivity contribution >= 4 is 0 Å². The predicted octanol–water partition coefficient (Wildman–Crippen LogP) is 4.54. The average Bonchev–Trinajstić information content (AvgIpc) is 3.04. The van der Waals surface area contributed by atoms with Crippen LogP contribution >= 0.6 is 0 Å². The Hall–Kier alpha value is -2.39. The van der Waals surface area contributed by atoms with E-state index in [0.717, 1.165) is 12.2 Å². The van der Waals surface area contributed by atoms with Crippen molar-refractivity contribution in [2.45, 2.75) is 33.4 Å². The molecule has 2 aromatic carbocycles. The molecule has 0 saturated carbocycles. The number of aromatic amines is 1. The Morgan fingerprint density at radius 3 is 2.57 bits per heavy atom. The Balaban J connectivity index is 1.75. The van der Waals surface area contributed by atoms with E-state index in [1.165, 1.54) is 27.8 Å². The van der Waals surface area contributed by atoms with Gasteiger partial charge in [0.2, 0.25) is 0 Å². The first-order chi connectivity index (χ1) is 11.1. The van der Waals surface area contributed by atoms with E-state index in [1.807, 2.05) is 12.3 Å². The van der Waals surface area contributed by atoms with E-state index in [1.54, 1.807) is 0 Å². The Labute approximate surface area is 137 Å². The van der Waals surface area contributed by atoms with E-state index < -0.39 is 0 Å². The zero-order valence-corrected chi connectivity index (χ0v) is 13.9. The molecule has 1 unspecified atom stereocenters. The minimum atomic E-state index is 0.304. The number of aryl methyl sites for hydroxylation is 2. The van der Waals surface area contributed by atoms with Crippen LogP contribution in [-0.4, -0.2) is 10.2 Å². The van der Waals surface area contributed by atoms with Gasteiger partial charge in [0, 0.05) is 23.7 Å². The predicted molar refractivity (Wildman–Crippen MR) is 95.2 cm³/mol. The van der Waals surface area contributed by atoms with E-state index in [4.69, 9.17) is 0 Å². The largest absolute Gasteiger partial charge is 0.306 e. The fraction of sp³-hybridized carbons (Fsp3) is 0.250. The molecular formula is C20H23N3. The molecule has 0 spiro atoms. The van der Waals surface area contributed by atoms with Crippen LogP contribution in [0.2, 0.25) is 0 Å². The molecule has 3 nitrogen and oxygen atoms in total. The number of benzene rings is 2. The van der Waals surface area contributed by atoms with Gasteiger partial charge in [-0.1, -0.05) is 42.5 Å². The number of hydrogen-bond acceptors (Lipinski definition) is 2. The summed E-state index contributed by atoms with van der Waals surface area (Å²) in [5.74, 6) is 0. The Kier molecular flexibility index (Phi) is 4.58. The fourth-order valence-corrected chi connectivity index (χ4v) is 2.71. The number of nitrogens with zero attached hydrogens (tertiary/aromatic N) is 1. The number of H-pyrrole nitrogens is 1. The van der Waals surface area contributed by atoms with Gasteiger partial charge < -0.3 is 5.32 Å². The summed E-state index contributed by atoms with van der Waals surface area (Å²) >= 11 is 0. The molecule has 0 aliphatic carbocycles. The van der Waals surface area contributed by atoms with E-state index in [2.05, 4.69) is 78.7 Å². The van der Waals surface area contributed by atoms with Gasteiger partial charge in [0.05, 0.1) is 11.9 Å². The maximum Gasteiger partial charge on any atom is 0.0695 e. The third-order valence-electron chi connectivity index (χ3n) is 4.41. The topological polar surface area (TPSA) is 40.7 Å². The lowest BCUT2D eigenvalue weighted by Crippen LogP contribution is -2.18. The Morgan fingerprint density at radius 2 is 1.83 bits per heavy atom. The minimum absolute atomic E-state index is 0.304. The number of nitrogens with one attached hydrogen (secondary N) is 2. The Morgan fingerprint density at radius 1 is 1.04 bits per heavy atom. The molecular weight excluding hydrogens is 282 g/mol. The van der Waals surface area contributed by atoms with Crippen molar-refractivity contribution in [2.24, 2.45) is 0 Å². The molecule has 2 N–H and O–H groups in total. The van der Waals surface area contributed by atoms with E-state index in [0.29, 0.717) is 6.04 Å². The quantitative estimate of drug-likeness (QED) is 0.726. The standard InChI is InChI=1S/C20H23N3/c1-14-9-10-18(11-15(14)2)20-19(13-22-23-20)12-21-16(3)17-7-5-4-6-8-17/h4-11,13,16,21H,12H2,1-3H3,(H,22,23). The molecule has 1 heterocycles. The smallest absolute Gasteiger partial charge is 0.0695 e. The summed E-state index contributed by atoms with van der Waals surface area (Å²) in [5, 5.41) is 11.0. The van der Waals surface area contributed by atoms with Gasteiger partial charge in [-0.3, -0.25) is 5.10 Å². The molecule has 0 saturated heterocycles. The van der Waals surface area contributed by atoms with Gasteiger partial charge in [-0.25, -0.2) is 0 Å². The van der Waals surface area contributed by atoms with Gasteiger partial charge in [0.15, 0.2) is 0 Å². The molecule has 1 atom stereocenters. The SMILES string of the molecule is Cc1ccc(-c2[nH]ncc2CNC(C)c2ccccc2)cc1C. The molecule has 0 aliphatic heterocycles. The summed E-state index contributed by atoms with van der Waals surface area (Å²) in [6, 6.07) is 17.3. The van der Waals surface area contributed by atoms with Gasteiger partial charge in [-0.15, -0.1) is 0 Å². The number of rotatable bonds is 5. The summed E-state index contributed by atoms with van der Waals surface area (Å²) in [4.78, 5) is 0. The first-order valence-electron chi connectivity index (χ1n) is 8.03. The van der Waals surface area contributed by atoms with Crippen LogP contribution < -0.4 is 5.32 Å². The summed E-state index contributed by atoms with van der Waals surface area (Å²) in [6.07, 6.45) is 1.91. The highest BCUT2D eigenvalue weighted by molar-refractivity contribution is 5.64. The van der Waals surface area contributed by atoms with Gasteiger partial charge in [0.1, 0.15) is 0 Å². The highest BCUT2D eigenvalue weighted by Gasteiger charge is 2.10. The first kappa shape index (κ1) is 15.5. The minimum Gasteiger partial charge on any atom is -0.306 e. The highest BCUT2D eigenvalue weighted by atomic mass is 15.1. The van der Waals surface area contributed by atoms with Crippen molar-refractivity contribution in [3.63, 3.8) is 0 Å². The second kappa shape index (κ2) is 6.80. The zero-order valence-electron chi connectivity index (χ0n) is 13.9. The third-order valence-corrected chi connectivity index (χ3v) is 4.41. The van der Waals surface area contributed by atoms with Crippen LogP contribution in [0.25, 0.3) is 11.3 Å². The van der Waals surface area contributed by atoms with Crippen LogP contribution in [-0.2, 0) is 6.54 Å². The van der Waals surface area contributed by atoms with E-state index >= 15 is 0 Å². The summed E-state index contributed by atoms with van der Waals surface area (Å²) in [5.41, 5.74) is 7.38. The number of aromatic nitrogens is 2. The van der Waals surface area contributed by atoms with Gasteiger partial charge in [-0.2, -0.15) is 5.10 Å². The van der Waals surface area contributed by atoms with Gasteiger partial charge in [0.25, 0.3) is 0 Å². The van der Waals surface area contributed by atoms with Crippen molar-refractivity contribution in [3.05, 3.63) is 77.0 Å². The monoisotopic (exact) mass is 305 g/mol. The molecule has 118 valence electrons. The van der Waals surface area contributed by atoms with Crippen LogP contribution in [0.15, 0.2) is 54.7 Å². The molecule has 3 rings (SSSR count). The van der Waals surface area contributed by atoms with Crippen LogP contribution in [0, 0.1) is 13.8 Å². The summed E-state index contributed by atoms with van der Waals surface area (Å²) in [6.45, 7) is 7.25. The van der Waals surface area contributed by atoms with E-state index in [9.17, 15) is 0 Å². The van der Waals surface area contributed by atoms with Crippen molar-refractivity contribution in [3.8, 4) is 11.3 Å². The van der Waals surface area contributed by atoms with Crippen molar-refractivity contribution in [1.29, 1.82) is 0 Å². The molecule has 0 radical (unpaired) electrons. The van der Waals surface area contributed by atoms with Crippen molar-refractivity contribution in [2.75, 3.05) is 0 Å². The zero-order chi connectivity index (χ0) is 16.2. The summed E-state index contributed by atoms with van der Waals surface area (Å²) < 4.78 is 0. The third kappa shape index (κ3) is 3.51. The fourth-order valence-electron chi connectivity index (χ4n) is 2.71. The van der Waals surface area contributed by atoms with Gasteiger partial charge >= 0.3 is 0 Å². The van der Waals surface area contributed by atoms with Crippen LogP contribution in [0.3, 0.4) is 0 Å². The molecule has 0 amide bonds. The maximum absolute atomic E-state index is 4.24. The second-order valence-electron chi connectivity index (χ2n) is 6.08. The molecule has 1 aromatic heterocycles. The first-order valence-corrected chi connectivity index (χ1v) is 8.03. The molecule has 23 heavy (non-hydrogen) atoms. The van der Waals surface area contributed by atoms with Crippen LogP contribution in [0.1, 0.15) is 35.2 Å². The van der Waals surface area contributed by atoms with Crippen LogP contribution in [0.5, 0.6) is 0 Å². The second-order valence-corrected chi connectivity index (χ2v) is 6.08. The highest BCUT2D eigenvalue weighted by Crippen LogP contribution is 2.24. The molecule has 3 heteroatoms. The van der Waals surface area contributed by atoms with Gasteiger partial charge in [-0.05, 0) is 43.5 Å². The normalized spacial score (nSPS) is 12.3. The number of hydrogen-bond donors (Lipinski definition) is 2. The lowest BCUT2D eigenvalue weighted by molar-refractivity contribution is 0.575. The molecule has 0 fully saturated rings. The Bertz CT molecular complexity index is 775. The summed E-state index contributed by atoms with van der Waals surface area (Å²) in [7, 11) is 0.